The third-order valence-corrected chi connectivity index (χ3v) is 4.90. The maximum Gasteiger partial charge on any atom is 0.307 e. The Labute approximate surface area is 122 Å². The molecule has 1 aliphatic carbocycles. The Kier molecular flexibility index (Phi) is 6.03. The van der Waals surface area contributed by atoms with Crippen LogP contribution in [0.5, 0.6) is 0 Å². The van der Waals surface area contributed by atoms with Crippen LogP contribution in [0.4, 0.5) is 0 Å². The van der Waals surface area contributed by atoms with Gasteiger partial charge in [-0.05, 0) is 30.6 Å². The number of carbonyl (C=O) groups is 2. The Hall–Kier alpha value is -1.06. The van der Waals surface area contributed by atoms with Crippen molar-refractivity contribution in [3.05, 3.63) is 0 Å². The first-order valence-corrected chi connectivity index (χ1v) is 7.77. The van der Waals surface area contributed by atoms with E-state index < -0.39 is 17.8 Å². The minimum atomic E-state index is -0.912. The van der Waals surface area contributed by atoms with Crippen molar-refractivity contribution in [1.29, 1.82) is 0 Å². The van der Waals surface area contributed by atoms with E-state index in [-0.39, 0.29) is 11.9 Å². The van der Waals surface area contributed by atoms with Crippen LogP contribution in [0.2, 0.25) is 0 Å². The molecule has 0 bridgehead atoms. The number of hydrogen-bond acceptors (Lipinski definition) is 2. The fourth-order valence-electron chi connectivity index (χ4n) is 3.12. The second-order valence-corrected chi connectivity index (χ2v) is 6.86. The summed E-state index contributed by atoms with van der Waals surface area (Å²) in [6.07, 6.45) is 3.37. The average Bonchev–Trinajstić information content (AvgIpc) is 2.36. The van der Waals surface area contributed by atoms with Gasteiger partial charge in [-0.2, -0.15) is 0 Å². The highest BCUT2D eigenvalue weighted by atomic mass is 16.4. The van der Waals surface area contributed by atoms with E-state index in [9.17, 15) is 9.59 Å². The molecule has 0 aromatic heterocycles. The fraction of sp³-hybridized carbons (Fsp3) is 0.875. The van der Waals surface area contributed by atoms with Crippen LogP contribution in [0.3, 0.4) is 0 Å². The van der Waals surface area contributed by atoms with Gasteiger partial charge in [-0.3, -0.25) is 9.59 Å². The van der Waals surface area contributed by atoms with E-state index in [1.165, 1.54) is 6.42 Å². The summed E-state index contributed by atoms with van der Waals surface area (Å²) in [5.74, 6) is -0.495. The molecule has 0 radical (unpaired) electrons. The van der Waals surface area contributed by atoms with Gasteiger partial charge in [0.25, 0.3) is 0 Å². The number of carboxylic acids is 1. The second kappa shape index (κ2) is 7.09. The van der Waals surface area contributed by atoms with E-state index in [4.69, 9.17) is 5.11 Å². The van der Waals surface area contributed by atoms with Crippen molar-refractivity contribution >= 4 is 11.9 Å². The van der Waals surface area contributed by atoms with Crippen molar-refractivity contribution < 1.29 is 14.7 Å². The van der Waals surface area contributed by atoms with Crippen molar-refractivity contribution in [3.63, 3.8) is 0 Å². The van der Waals surface area contributed by atoms with Gasteiger partial charge in [-0.15, -0.1) is 0 Å². The van der Waals surface area contributed by atoms with Crippen molar-refractivity contribution in [2.45, 2.75) is 59.9 Å². The summed E-state index contributed by atoms with van der Waals surface area (Å²) in [6.45, 7) is 9.91. The number of aliphatic carboxylic acids is 1. The highest BCUT2D eigenvalue weighted by molar-refractivity contribution is 5.84. The lowest BCUT2D eigenvalue weighted by molar-refractivity contribution is -0.146. The number of amides is 1. The molecule has 1 saturated carbocycles. The van der Waals surface area contributed by atoms with E-state index >= 15 is 0 Å². The summed E-state index contributed by atoms with van der Waals surface area (Å²) in [7, 11) is 0. The first kappa shape index (κ1) is 17.0. The Bertz CT molecular complexity index is 354. The Balaban J connectivity index is 2.68. The zero-order valence-corrected chi connectivity index (χ0v) is 13.3. The Morgan fingerprint density at radius 2 is 1.70 bits per heavy atom. The zero-order valence-electron chi connectivity index (χ0n) is 13.3. The van der Waals surface area contributed by atoms with E-state index in [1.54, 1.807) is 13.8 Å². The van der Waals surface area contributed by atoms with Gasteiger partial charge in [0, 0.05) is 12.0 Å². The molecule has 0 saturated heterocycles. The molecule has 116 valence electrons. The molecule has 0 aromatic rings. The SMILES string of the molecule is CC1CCC(C(C)C)C(NC(=O)C(C)C(C)C(=O)O)C1. The quantitative estimate of drug-likeness (QED) is 0.815. The molecule has 5 unspecified atom stereocenters. The van der Waals surface area contributed by atoms with Crippen molar-refractivity contribution in [2.24, 2.45) is 29.6 Å². The fourth-order valence-corrected chi connectivity index (χ4v) is 3.12. The summed E-state index contributed by atoms with van der Waals surface area (Å²) >= 11 is 0. The molecule has 0 heterocycles. The molecule has 4 nitrogen and oxygen atoms in total. The third-order valence-electron chi connectivity index (χ3n) is 4.90. The standard InChI is InChI=1S/C16H29NO3/c1-9(2)13-7-6-10(3)8-14(13)17-15(18)11(4)12(5)16(19)20/h9-14H,6-8H2,1-5H3,(H,17,18)(H,19,20). The van der Waals surface area contributed by atoms with Crippen LogP contribution in [0.1, 0.15) is 53.9 Å². The van der Waals surface area contributed by atoms with Gasteiger partial charge < -0.3 is 10.4 Å². The maximum atomic E-state index is 12.3. The van der Waals surface area contributed by atoms with Crippen LogP contribution in [0, 0.1) is 29.6 Å². The largest absolute Gasteiger partial charge is 0.481 e. The molecule has 0 spiro atoms. The van der Waals surface area contributed by atoms with E-state index in [0.29, 0.717) is 17.8 Å². The van der Waals surface area contributed by atoms with E-state index in [1.807, 2.05) is 0 Å². The van der Waals surface area contributed by atoms with Crippen LogP contribution in [-0.2, 0) is 9.59 Å². The summed E-state index contributed by atoms with van der Waals surface area (Å²) in [4.78, 5) is 23.2. The zero-order chi connectivity index (χ0) is 15.4. The molecule has 5 atom stereocenters. The maximum absolute atomic E-state index is 12.3. The predicted octanol–water partition coefficient (Wildman–Crippen LogP) is 2.92. The minimum Gasteiger partial charge on any atom is -0.481 e. The number of hydrogen-bond donors (Lipinski definition) is 2. The van der Waals surface area contributed by atoms with Crippen LogP contribution < -0.4 is 5.32 Å². The summed E-state index contributed by atoms with van der Waals surface area (Å²) in [5.41, 5.74) is 0. The van der Waals surface area contributed by atoms with Crippen LogP contribution in [0.25, 0.3) is 0 Å². The van der Waals surface area contributed by atoms with Gasteiger partial charge in [0.05, 0.1) is 5.92 Å². The summed E-state index contributed by atoms with van der Waals surface area (Å²) in [6, 6.07) is 0.190. The van der Waals surface area contributed by atoms with Crippen molar-refractivity contribution in [1.82, 2.24) is 5.32 Å². The molecule has 1 amide bonds. The van der Waals surface area contributed by atoms with Gasteiger partial charge in [0.2, 0.25) is 5.91 Å². The molecular formula is C16H29NO3. The monoisotopic (exact) mass is 283 g/mol. The Morgan fingerprint density at radius 3 is 2.20 bits per heavy atom. The first-order chi connectivity index (χ1) is 9.23. The van der Waals surface area contributed by atoms with Crippen LogP contribution in [-0.4, -0.2) is 23.0 Å². The van der Waals surface area contributed by atoms with Gasteiger partial charge >= 0.3 is 5.97 Å². The van der Waals surface area contributed by atoms with Crippen molar-refractivity contribution in [2.75, 3.05) is 0 Å². The smallest absolute Gasteiger partial charge is 0.307 e. The van der Waals surface area contributed by atoms with Crippen LogP contribution in [0.15, 0.2) is 0 Å². The number of carboxylic acid groups (broad SMARTS) is 1. The van der Waals surface area contributed by atoms with Gasteiger partial charge in [0.1, 0.15) is 0 Å². The average molecular weight is 283 g/mol. The van der Waals surface area contributed by atoms with Crippen LogP contribution >= 0.6 is 0 Å². The second-order valence-electron chi connectivity index (χ2n) is 6.86. The highest BCUT2D eigenvalue weighted by Gasteiger charge is 2.34. The van der Waals surface area contributed by atoms with E-state index in [0.717, 1.165) is 12.8 Å². The van der Waals surface area contributed by atoms with E-state index in [2.05, 4.69) is 26.1 Å². The van der Waals surface area contributed by atoms with Gasteiger partial charge in [0.15, 0.2) is 0 Å². The molecule has 4 heteroatoms. The Morgan fingerprint density at radius 1 is 1.10 bits per heavy atom. The lowest BCUT2D eigenvalue weighted by Gasteiger charge is -2.38. The summed E-state index contributed by atoms with van der Waals surface area (Å²) < 4.78 is 0. The number of rotatable bonds is 5. The van der Waals surface area contributed by atoms with Crippen molar-refractivity contribution in [3.8, 4) is 0 Å². The summed E-state index contributed by atoms with van der Waals surface area (Å²) in [5, 5.41) is 12.1. The lowest BCUT2D eigenvalue weighted by atomic mass is 9.74. The molecule has 1 fully saturated rings. The first-order valence-electron chi connectivity index (χ1n) is 7.77. The molecule has 20 heavy (non-hydrogen) atoms. The van der Waals surface area contributed by atoms with Gasteiger partial charge in [-0.25, -0.2) is 0 Å². The molecule has 1 aliphatic rings. The topological polar surface area (TPSA) is 66.4 Å². The minimum absolute atomic E-state index is 0.121. The third kappa shape index (κ3) is 4.22. The molecule has 2 N–H and O–H groups in total. The lowest BCUT2D eigenvalue weighted by Crippen LogP contribution is -2.48. The normalized spacial score (nSPS) is 29.8. The molecule has 0 aliphatic heterocycles. The predicted molar refractivity (Wildman–Crippen MR) is 79.2 cm³/mol. The molecule has 0 aromatic carbocycles. The molecular weight excluding hydrogens is 254 g/mol. The van der Waals surface area contributed by atoms with Gasteiger partial charge in [-0.1, -0.05) is 41.0 Å². The molecule has 1 rings (SSSR count). The highest BCUT2D eigenvalue weighted by Crippen LogP contribution is 2.33. The number of nitrogens with one attached hydrogen (secondary N) is 1. The number of carbonyl (C=O) groups excluding carboxylic acids is 1.